The average Bonchev–Trinajstić information content (AvgIpc) is 3.37. The van der Waals surface area contributed by atoms with Gasteiger partial charge in [0.2, 0.25) is 0 Å². The topological polar surface area (TPSA) is 158 Å². The third kappa shape index (κ3) is 11.2. The third-order valence-electron chi connectivity index (χ3n) is 18.7. The van der Waals surface area contributed by atoms with E-state index < -0.39 is 5.97 Å². The second kappa shape index (κ2) is 23.3. The van der Waals surface area contributed by atoms with Crippen LogP contribution in [-0.2, 0) is 25.6 Å². The summed E-state index contributed by atoms with van der Waals surface area (Å²) in [6.07, 6.45) is 27.6. The molecule has 15 heteroatoms. The smallest absolute Gasteiger partial charge is 0.332 e. The molecule has 2 aromatic carbocycles. The predicted octanol–water partition coefficient (Wildman–Crippen LogP) is 9.41. The van der Waals surface area contributed by atoms with E-state index in [1.807, 2.05) is 30.3 Å². The Kier molecular flexibility index (Phi) is 16.6. The minimum atomic E-state index is -0.454. The number of carbonyl (C=O) groups is 2. The van der Waals surface area contributed by atoms with Crippen molar-refractivity contribution in [2.45, 2.75) is 210 Å². The van der Waals surface area contributed by atoms with Crippen LogP contribution in [0.5, 0.6) is 0 Å². The zero-order valence-corrected chi connectivity index (χ0v) is 44.9. The van der Waals surface area contributed by atoms with E-state index in [4.69, 9.17) is 4.74 Å². The Bertz CT molecular complexity index is 2790. The van der Waals surface area contributed by atoms with Crippen molar-refractivity contribution in [3.8, 4) is 0 Å². The average molecular weight is 1070 g/mol. The Morgan fingerprint density at radius 2 is 0.959 bits per heavy atom. The van der Waals surface area contributed by atoms with E-state index in [1.54, 1.807) is 36.6 Å². The van der Waals surface area contributed by atoms with Crippen molar-refractivity contribution in [3.05, 3.63) is 90.2 Å². The zero-order chi connectivity index (χ0) is 50.8. The summed E-state index contributed by atoms with van der Waals surface area (Å²) in [7, 11) is 0. The monoisotopic (exact) mass is 1070 g/mol. The van der Waals surface area contributed by atoms with Crippen LogP contribution in [0.4, 0.5) is 0 Å². The molecule has 12 atom stereocenters. The van der Waals surface area contributed by atoms with Crippen LogP contribution in [0.3, 0.4) is 0 Å². The summed E-state index contributed by atoms with van der Waals surface area (Å²) >= 11 is 2.94. The number of carbonyl (C=O) groups excluding carboxylic acids is 2. The maximum atomic E-state index is 13.8. The molecule has 73 heavy (non-hydrogen) atoms. The summed E-state index contributed by atoms with van der Waals surface area (Å²) in [6, 6.07) is 17.8. The number of benzene rings is 2. The van der Waals surface area contributed by atoms with Crippen LogP contribution in [0.1, 0.15) is 167 Å². The summed E-state index contributed by atoms with van der Waals surface area (Å²) in [5, 5.41) is 1.42. The molecule has 4 aliphatic heterocycles. The first-order valence-electron chi connectivity index (χ1n) is 28.4. The molecule has 396 valence electrons. The number of H-pyrrole nitrogens is 1. The van der Waals surface area contributed by atoms with E-state index in [0.717, 1.165) is 68.2 Å². The molecule has 8 aliphatic rings. The number of halogens is 1. The Morgan fingerprint density at radius 1 is 0.521 bits per heavy atom. The highest BCUT2D eigenvalue weighted by Crippen LogP contribution is 2.49. The molecule has 6 heterocycles. The molecule has 4 saturated carbocycles. The fourth-order valence-electron chi connectivity index (χ4n) is 16.1. The molecule has 0 spiro atoms. The predicted molar refractivity (Wildman–Crippen MR) is 288 cm³/mol. The standard InChI is InChI=1S/C29H39N3O4.C25H33N3O2.C4H7BrO2/c1-2-36-27(33)18-30-26-12-4-3-11-25(26)28(34)32(29(30)35)24-16-21-9-6-10-22(17-24)31(21)23-14-19-7-5-8-20(13-19)15-23;29-24-22-9-1-2-10-23(22)26-25(30)28(24)21-14-18-7-4-8-19(15-21)27(18)20-12-16-5-3-6-17(11-16)13-20;1-2-7-4(6)3-5/h3-4,11-12,19-24H,2,5-10,13-18H2,1H3;1-2,9-10,16-21H,3-8,11-15H2,(H,26,30);2-3H2,1H3/t19-,20+,21-,22+,23?,24?;16-,17+,18-,19+,20?,21?;. The Morgan fingerprint density at radius 3 is 1.45 bits per heavy atom. The van der Waals surface area contributed by atoms with Crippen LogP contribution >= 0.6 is 15.9 Å². The van der Waals surface area contributed by atoms with Gasteiger partial charge in [0.25, 0.3) is 11.1 Å². The summed E-state index contributed by atoms with van der Waals surface area (Å²) in [4.78, 5) is 84.7. The number of nitrogens with one attached hydrogen (secondary N) is 1. The van der Waals surface area contributed by atoms with E-state index in [2.05, 4.69) is 35.5 Å². The third-order valence-corrected chi connectivity index (χ3v) is 19.2. The maximum Gasteiger partial charge on any atom is 0.332 e. The number of hydrogen-bond donors (Lipinski definition) is 1. The van der Waals surface area contributed by atoms with E-state index in [0.29, 0.717) is 64.0 Å². The van der Waals surface area contributed by atoms with Crippen molar-refractivity contribution in [3.63, 3.8) is 0 Å². The molecule has 12 rings (SSSR count). The molecular weight excluding hydrogens is 989 g/mol. The maximum absolute atomic E-state index is 13.8. The van der Waals surface area contributed by atoms with Gasteiger partial charge in [-0.2, -0.15) is 0 Å². The van der Waals surface area contributed by atoms with Gasteiger partial charge in [-0.1, -0.05) is 91.6 Å². The number of para-hydroxylation sites is 2. The summed E-state index contributed by atoms with van der Waals surface area (Å²) < 4.78 is 14.1. The van der Waals surface area contributed by atoms with Crippen LogP contribution in [0, 0.1) is 23.7 Å². The van der Waals surface area contributed by atoms with Crippen molar-refractivity contribution >= 4 is 49.7 Å². The molecule has 4 aliphatic carbocycles. The normalized spacial score (nSPS) is 31.8. The molecule has 4 unspecified atom stereocenters. The van der Waals surface area contributed by atoms with E-state index in [-0.39, 0.29) is 53.7 Å². The summed E-state index contributed by atoms with van der Waals surface area (Å²) in [5.41, 5.74) is 0.203. The van der Waals surface area contributed by atoms with Crippen LogP contribution in [0.2, 0.25) is 0 Å². The highest BCUT2D eigenvalue weighted by atomic mass is 79.9. The van der Waals surface area contributed by atoms with Crippen LogP contribution in [0.25, 0.3) is 21.8 Å². The van der Waals surface area contributed by atoms with E-state index in [1.165, 1.54) is 112 Å². The van der Waals surface area contributed by atoms with Gasteiger partial charge in [0.05, 0.1) is 35.0 Å². The fourth-order valence-corrected chi connectivity index (χ4v) is 16.3. The molecule has 1 N–H and O–H groups in total. The molecule has 8 fully saturated rings. The highest BCUT2D eigenvalue weighted by molar-refractivity contribution is 9.09. The first-order chi connectivity index (χ1) is 35.5. The van der Waals surface area contributed by atoms with Gasteiger partial charge < -0.3 is 14.5 Å². The number of nitrogens with zero attached hydrogens (tertiary/aromatic N) is 5. The van der Waals surface area contributed by atoms with Crippen molar-refractivity contribution in [2.24, 2.45) is 23.7 Å². The Labute approximate surface area is 437 Å². The Hall–Kier alpha value is -4.34. The second-order valence-electron chi connectivity index (χ2n) is 23.1. The molecule has 2 aromatic heterocycles. The molecule has 0 amide bonds. The van der Waals surface area contributed by atoms with Crippen molar-refractivity contribution < 1.29 is 19.1 Å². The number of hydrogen-bond acceptors (Lipinski definition) is 10. The number of aromatic nitrogens is 4. The lowest BCUT2D eigenvalue weighted by atomic mass is 9.68. The fraction of sp³-hybridized carbons (Fsp3) is 0.690. The first kappa shape index (κ1) is 52.1. The number of alkyl halides is 1. The number of piperidine rings is 4. The quantitative estimate of drug-likeness (QED) is 0.127. The lowest BCUT2D eigenvalue weighted by molar-refractivity contribution is -0.144. The second-order valence-corrected chi connectivity index (χ2v) is 23.7. The minimum absolute atomic E-state index is 0.0282. The van der Waals surface area contributed by atoms with Gasteiger partial charge in [0.15, 0.2) is 0 Å². The van der Waals surface area contributed by atoms with Gasteiger partial charge in [-0.3, -0.25) is 42.7 Å². The van der Waals surface area contributed by atoms with Crippen LogP contribution in [0.15, 0.2) is 67.7 Å². The number of esters is 2. The molecule has 14 nitrogen and oxygen atoms in total. The lowest BCUT2D eigenvalue weighted by Crippen LogP contribution is -2.59. The van der Waals surface area contributed by atoms with Crippen molar-refractivity contribution in [2.75, 3.05) is 18.5 Å². The SMILES string of the molecule is CCOC(=O)CBr.CCOC(=O)Cn1c(=O)n(C2C[C@H]3CCC[C@@H](C2)N3C2C[C@H]3CCC[C@@H](C2)C3)c(=O)c2ccccc21.O=c1[nH]c2ccccc2c(=O)n1C1C[C@H]2CCC[C@@H](C1)N2C1C[C@H]2CCC[C@@H](C1)C2. The largest absolute Gasteiger partial charge is 0.465 e. The number of aromatic amines is 1. The molecule has 8 bridgehead atoms. The van der Waals surface area contributed by atoms with Crippen LogP contribution < -0.4 is 22.5 Å². The minimum Gasteiger partial charge on any atom is -0.465 e. The molecule has 4 saturated heterocycles. The van der Waals surface area contributed by atoms with Crippen molar-refractivity contribution in [1.29, 1.82) is 0 Å². The molecular formula is C58H79BrN6O8. The van der Waals surface area contributed by atoms with Gasteiger partial charge in [-0.15, -0.1) is 0 Å². The summed E-state index contributed by atoms with van der Waals surface area (Å²) in [6.45, 7) is 4.08. The van der Waals surface area contributed by atoms with Gasteiger partial charge in [-0.25, -0.2) is 9.59 Å². The van der Waals surface area contributed by atoms with E-state index in [9.17, 15) is 28.8 Å². The van der Waals surface area contributed by atoms with Gasteiger partial charge in [0.1, 0.15) is 11.9 Å². The van der Waals surface area contributed by atoms with Gasteiger partial charge in [-0.05, 0) is 152 Å². The van der Waals surface area contributed by atoms with Crippen molar-refractivity contribution in [1.82, 2.24) is 28.5 Å². The van der Waals surface area contributed by atoms with Gasteiger partial charge >= 0.3 is 23.3 Å². The highest BCUT2D eigenvalue weighted by Gasteiger charge is 2.47. The summed E-state index contributed by atoms with van der Waals surface area (Å²) in [5.74, 6) is 2.99. The molecule has 0 radical (unpaired) electrons. The first-order valence-corrected chi connectivity index (χ1v) is 29.5. The van der Waals surface area contributed by atoms with E-state index >= 15 is 0 Å². The van der Waals surface area contributed by atoms with Gasteiger partial charge in [0, 0.05) is 48.3 Å². The number of ether oxygens (including phenoxy) is 2. The number of rotatable bonds is 9. The lowest BCUT2D eigenvalue weighted by Gasteiger charge is -2.55. The van der Waals surface area contributed by atoms with Crippen LogP contribution in [-0.4, -0.2) is 95.2 Å². The zero-order valence-electron chi connectivity index (χ0n) is 43.3. The number of fused-ring (bicyclic) bond motifs is 10. The Balaban J connectivity index is 0.000000150. The molecule has 4 aromatic rings.